The molecule has 15 heavy (non-hydrogen) atoms. The lowest BCUT2D eigenvalue weighted by Gasteiger charge is -2.40. The number of ether oxygens (including phenoxy) is 3. The van der Waals surface area contributed by atoms with Crippen molar-refractivity contribution in [1.29, 1.82) is 0 Å². The van der Waals surface area contributed by atoms with Crippen LogP contribution in [0, 0.1) is 0 Å². The summed E-state index contributed by atoms with van der Waals surface area (Å²) in [7, 11) is 0. The number of hydrogen-bond acceptors (Lipinski definition) is 3. The molecule has 0 unspecified atom stereocenters. The molecule has 1 aliphatic rings. The average molecular weight is 208 g/mol. The van der Waals surface area contributed by atoms with Gasteiger partial charge in [-0.1, -0.05) is 43.7 Å². The zero-order valence-electron chi connectivity index (χ0n) is 8.94. The quantitative estimate of drug-likeness (QED) is 0.696. The third-order valence-corrected chi connectivity index (χ3v) is 2.42. The van der Waals surface area contributed by atoms with Gasteiger partial charge >= 0.3 is 5.97 Å². The summed E-state index contributed by atoms with van der Waals surface area (Å²) in [6.07, 6.45) is 2.12. The summed E-state index contributed by atoms with van der Waals surface area (Å²) >= 11 is 0. The van der Waals surface area contributed by atoms with Gasteiger partial charge in [0.05, 0.1) is 6.61 Å². The molecule has 0 spiro atoms. The first-order chi connectivity index (χ1) is 7.37. The summed E-state index contributed by atoms with van der Waals surface area (Å²) < 4.78 is 16.5. The largest absolute Gasteiger partial charge is 0.323 e. The topological polar surface area (TPSA) is 27.7 Å². The zero-order valence-corrected chi connectivity index (χ0v) is 8.94. The minimum Gasteiger partial charge on any atom is -0.323 e. The van der Waals surface area contributed by atoms with Crippen LogP contribution in [0.1, 0.15) is 25.3 Å². The van der Waals surface area contributed by atoms with E-state index in [0.29, 0.717) is 13.4 Å². The summed E-state index contributed by atoms with van der Waals surface area (Å²) in [5.41, 5.74) is 0.923. The van der Waals surface area contributed by atoms with Gasteiger partial charge < -0.3 is 4.74 Å². The Morgan fingerprint density at radius 2 is 2.00 bits per heavy atom. The monoisotopic (exact) mass is 208 g/mol. The molecule has 0 amide bonds. The third-order valence-electron chi connectivity index (χ3n) is 2.42. The predicted molar refractivity (Wildman–Crippen MR) is 56.0 cm³/mol. The molecule has 1 saturated heterocycles. The zero-order chi connectivity index (χ0) is 10.6. The van der Waals surface area contributed by atoms with Crippen LogP contribution in [0.5, 0.6) is 0 Å². The van der Waals surface area contributed by atoms with Crippen LogP contribution < -0.4 is 0 Å². The van der Waals surface area contributed by atoms with Crippen LogP contribution in [0.15, 0.2) is 30.3 Å². The number of unbranched alkanes of at least 4 members (excludes halogenated alkanes) is 1. The average Bonchev–Trinajstić information content (AvgIpc) is 2.23. The molecule has 3 heteroatoms. The molecule has 1 aliphatic heterocycles. The second-order valence-corrected chi connectivity index (χ2v) is 3.53. The van der Waals surface area contributed by atoms with Crippen LogP contribution in [0.25, 0.3) is 0 Å². The van der Waals surface area contributed by atoms with Crippen molar-refractivity contribution < 1.29 is 14.2 Å². The molecular weight excluding hydrogens is 192 g/mol. The smallest absolute Gasteiger partial charge is 0.316 e. The second kappa shape index (κ2) is 4.75. The summed E-state index contributed by atoms with van der Waals surface area (Å²) in [5, 5.41) is 0. The van der Waals surface area contributed by atoms with Gasteiger partial charge in [0.1, 0.15) is 0 Å². The molecular formula is C12H16O3. The van der Waals surface area contributed by atoms with Gasteiger partial charge in [0.25, 0.3) is 0 Å². The molecule has 0 aromatic heterocycles. The van der Waals surface area contributed by atoms with Gasteiger partial charge in [-0.25, -0.2) is 0 Å². The van der Waals surface area contributed by atoms with Crippen molar-refractivity contribution in [2.24, 2.45) is 0 Å². The summed E-state index contributed by atoms with van der Waals surface area (Å²) in [4.78, 5) is 0. The van der Waals surface area contributed by atoms with Crippen molar-refractivity contribution in [1.82, 2.24) is 0 Å². The first-order valence-electron chi connectivity index (χ1n) is 5.35. The lowest BCUT2D eigenvalue weighted by molar-refractivity contribution is -0.514. The Hall–Kier alpha value is -0.900. The van der Waals surface area contributed by atoms with Crippen molar-refractivity contribution in [2.45, 2.75) is 25.7 Å². The van der Waals surface area contributed by atoms with Gasteiger partial charge in [-0.2, -0.15) is 0 Å². The fourth-order valence-electron chi connectivity index (χ4n) is 1.49. The molecule has 1 fully saturated rings. The van der Waals surface area contributed by atoms with Crippen LogP contribution in [0.4, 0.5) is 0 Å². The second-order valence-electron chi connectivity index (χ2n) is 3.53. The lowest BCUT2D eigenvalue weighted by atomic mass is 10.2. The first kappa shape index (κ1) is 10.6. The molecule has 1 aromatic carbocycles. The minimum atomic E-state index is -0.934. The highest BCUT2D eigenvalue weighted by Crippen LogP contribution is 2.35. The Bertz CT molecular complexity index is 293. The fraction of sp³-hybridized carbons (Fsp3) is 0.500. The molecule has 0 saturated carbocycles. The Kier molecular flexibility index (Phi) is 3.36. The van der Waals surface area contributed by atoms with E-state index in [1.807, 2.05) is 30.3 Å². The standard InChI is InChI=1S/C12H16O3/c1-2-3-9-13-12(14-10-15-12)11-7-5-4-6-8-11/h4-8H,2-3,9-10H2,1H3. The Morgan fingerprint density at radius 3 is 2.53 bits per heavy atom. The minimum absolute atomic E-state index is 0.307. The van der Waals surface area contributed by atoms with Crippen LogP contribution in [0.2, 0.25) is 0 Å². The van der Waals surface area contributed by atoms with Gasteiger partial charge in [0.15, 0.2) is 6.79 Å². The van der Waals surface area contributed by atoms with E-state index in [9.17, 15) is 0 Å². The van der Waals surface area contributed by atoms with Gasteiger partial charge in [-0.05, 0) is 6.42 Å². The Labute approximate surface area is 90.0 Å². The summed E-state index contributed by atoms with van der Waals surface area (Å²) in [6.45, 7) is 3.09. The van der Waals surface area contributed by atoms with E-state index < -0.39 is 5.97 Å². The van der Waals surface area contributed by atoms with Crippen molar-refractivity contribution in [3.05, 3.63) is 35.9 Å². The summed E-state index contributed by atoms with van der Waals surface area (Å²) in [5.74, 6) is -0.934. The highest BCUT2D eigenvalue weighted by Gasteiger charge is 2.43. The number of benzene rings is 1. The van der Waals surface area contributed by atoms with Crippen LogP contribution in [-0.2, 0) is 20.2 Å². The van der Waals surface area contributed by atoms with Gasteiger partial charge in [-0.15, -0.1) is 0 Å². The van der Waals surface area contributed by atoms with E-state index in [2.05, 4.69) is 6.92 Å². The van der Waals surface area contributed by atoms with Gasteiger partial charge in [-0.3, -0.25) is 9.47 Å². The van der Waals surface area contributed by atoms with E-state index in [0.717, 1.165) is 18.4 Å². The molecule has 82 valence electrons. The third kappa shape index (κ3) is 2.20. The van der Waals surface area contributed by atoms with E-state index in [1.54, 1.807) is 0 Å². The van der Waals surface area contributed by atoms with Crippen LogP contribution in [-0.4, -0.2) is 13.4 Å². The molecule has 1 heterocycles. The molecule has 0 aliphatic carbocycles. The van der Waals surface area contributed by atoms with Crippen molar-refractivity contribution >= 4 is 0 Å². The molecule has 1 aromatic rings. The maximum Gasteiger partial charge on any atom is 0.316 e. The van der Waals surface area contributed by atoms with Crippen molar-refractivity contribution in [3.8, 4) is 0 Å². The SMILES string of the molecule is CCCCOC1(c2ccccc2)OCO1. The van der Waals surface area contributed by atoms with Crippen molar-refractivity contribution in [3.63, 3.8) is 0 Å². The van der Waals surface area contributed by atoms with Crippen molar-refractivity contribution in [2.75, 3.05) is 13.4 Å². The maximum atomic E-state index is 5.65. The van der Waals surface area contributed by atoms with E-state index in [1.165, 1.54) is 0 Å². The predicted octanol–water partition coefficient (Wildman–Crippen LogP) is 2.62. The van der Waals surface area contributed by atoms with Gasteiger partial charge in [0.2, 0.25) is 0 Å². The molecule has 2 rings (SSSR count). The molecule has 0 N–H and O–H groups in total. The number of rotatable bonds is 5. The van der Waals surface area contributed by atoms with Crippen LogP contribution in [0.3, 0.4) is 0 Å². The molecule has 0 atom stereocenters. The van der Waals surface area contributed by atoms with E-state index >= 15 is 0 Å². The lowest BCUT2D eigenvalue weighted by Crippen LogP contribution is -2.46. The van der Waals surface area contributed by atoms with Crippen LogP contribution >= 0.6 is 0 Å². The van der Waals surface area contributed by atoms with E-state index in [-0.39, 0.29) is 0 Å². The maximum absolute atomic E-state index is 5.65. The highest BCUT2D eigenvalue weighted by atomic mass is 17.0. The van der Waals surface area contributed by atoms with Gasteiger partial charge in [0, 0.05) is 5.56 Å². The molecule has 0 radical (unpaired) electrons. The van der Waals surface area contributed by atoms with E-state index in [4.69, 9.17) is 14.2 Å². The normalized spacial score (nSPS) is 18.5. The molecule has 3 nitrogen and oxygen atoms in total. The first-order valence-corrected chi connectivity index (χ1v) is 5.35. The summed E-state index contributed by atoms with van der Waals surface area (Å²) in [6, 6.07) is 9.76. The highest BCUT2D eigenvalue weighted by molar-refractivity contribution is 5.19. The number of hydrogen-bond donors (Lipinski definition) is 0. The molecule has 0 bridgehead atoms. The Balaban J connectivity index is 2.02. The fourth-order valence-corrected chi connectivity index (χ4v) is 1.49. The Morgan fingerprint density at radius 1 is 1.27 bits per heavy atom.